The maximum Gasteiger partial charge on any atom is 0.133 e. The van der Waals surface area contributed by atoms with E-state index in [4.69, 9.17) is 14.9 Å². The van der Waals surface area contributed by atoms with Gasteiger partial charge in [-0.25, -0.2) is 0 Å². The predicted molar refractivity (Wildman–Crippen MR) is 51.2 cm³/mol. The second-order valence-electron chi connectivity index (χ2n) is 2.98. The third-order valence-electron chi connectivity index (χ3n) is 1.93. The lowest BCUT2D eigenvalue weighted by molar-refractivity contribution is 0.103. The molecule has 2 N–H and O–H groups in total. The molecule has 1 heterocycles. The number of unbranched alkanes of at least 4 members (excludes halogenated alkanes) is 1. The highest BCUT2D eigenvalue weighted by Crippen LogP contribution is 2.10. The number of ether oxygens (including phenoxy) is 1. The molecule has 0 aromatic carbocycles. The predicted octanol–water partition coefficient (Wildman–Crippen LogP) is 2.06. The molecule has 1 aromatic rings. The summed E-state index contributed by atoms with van der Waals surface area (Å²) in [5, 5.41) is 0. The Kier molecular flexibility index (Phi) is 4.57. The largest absolute Gasteiger partial charge is 0.467 e. The van der Waals surface area contributed by atoms with Gasteiger partial charge in [0.05, 0.1) is 6.26 Å². The Morgan fingerprint density at radius 3 is 3.08 bits per heavy atom. The van der Waals surface area contributed by atoms with E-state index in [0.717, 1.165) is 30.8 Å². The van der Waals surface area contributed by atoms with Crippen molar-refractivity contribution < 1.29 is 9.15 Å². The highest BCUT2D eigenvalue weighted by Gasteiger charge is 2.03. The van der Waals surface area contributed by atoms with Gasteiger partial charge < -0.3 is 14.9 Å². The zero-order valence-corrected chi connectivity index (χ0v) is 8.08. The molecule has 0 fully saturated rings. The summed E-state index contributed by atoms with van der Waals surface area (Å²) in [5.41, 5.74) is 6.55. The second kappa shape index (κ2) is 5.78. The Labute approximate surface area is 78.9 Å². The maximum absolute atomic E-state index is 5.51. The standard InChI is InChI=1S/C10H17NO2/c1-2-3-5-12-8-10-9(7-11)4-6-13-10/h4,6H,2-3,5,7-8,11H2,1H3. The van der Waals surface area contributed by atoms with Crippen LogP contribution >= 0.6 is 0 Å². The van der Waals surface area contributed by atoms with E-state index >= 15 is 0 Å². The summed E-state index contributed by atoms with van der Waals surface area (Å²) in [6.45, 7) is 3.99. The van der Waals surface area contributed by atoms with Gasteiger partial charge in [-0.2, -0.15) is 0 Å². The Hall–Kier alpha value is -0.800. The van der Waals surface area contributed by atoms with Gasteiger partial charge in [0.1, 0.15) is 12.4 Å². The van der Waals surface area contributed by atoms with Crippen LogP contribution in [0, 0.1) is 0 Å². The fourth-order valence-corrected chi connectivity index (χ4v) is 1.09. The lowest BCUT2D eigenvalue weighted by atomic mass is 10.2. The molecule has 0 bridgehead atoms. The summed E-state index contributed by atoms with van der Waals surface area (Å²) < 4.78 is 10.6. The molecule has 1 rings (SSSR count). The summed E-state index contributed by atoms with van der Waals surface area (Å²) in [4.78, 5) is 0. The summed E-state index contributed by atoms with van der Waals surface area (Å²) in [6.07, 6.45) is 3.90. The van der Waals surface area contributed by atoms with Gasteiger partial charge in [-0.3, -0.25) is 0 Å². The number of hydrogen-bond donors (Lipinski definition) is 1. The summed E-state index contributed by atoms with van der Waals surface area (Å²) >= 11 is 0. The molecule has 0 saturated carbocycles. The molecular formula is C10H17NO2. The van der Waals surface area contributed by atoms with E-state index in [9.17, 15) is 0 Å². The molecule has 0 amide bonds. The first-order chi connectivity index (χ1) is 6.38. The Morgan fingerprint density at radius 2 is 2.38 bits per heavy atom. The summed E-state index contributed by atoms with van der Waals surface area (Å²) in [7, 11) is 0. The summed E-state index contributed by atoms with van der Waals surface area (Å²) in [6, 6.07) is 1.89. The van der Waals surface area contributed by atoms with Crippen LogP contribution in [0.5, 0.6) is 0 Å². The van der Waals surface area contributed by atoms with E-state index < -0.39 is 0 Å². The fourth-order valence-electron chi connectivity index (χ4n) is 1.09. The Morgan fingerprint density at radius 1 is 1.54 bits per heavy atom. The normalized spacial score (nSPS) is 10.6. The van der Waals surface area contributed by atoms with Gasteiger partial charge in [-0.05, 0) is 12.5 Å². The number of nitrogens with two attached hydrogens (primary N) is 1. The molecule has 74 valence electrons. The van der Waals surface area contributed by atoms with Crippen LogP contribution in [0.1, 0.15) is 31.1 Å². The van der Waals surface area contributed by atoms with Crippen molar-refractivity contribution in [3.63, 3.8) is 0 Å². The zero-order valence-electron chi connectivity index (χ0n) is 8.08. The van der Waals surface area contributed by atoms with Crippen molar-refractivity contribution >= 4 is 0 Å². The molecule has 0 aliphatic carbocycles. The Bertz CT molecular complexity index is 233. The molecule has 13 heavy (non-hydrogen) atoms. The van der Waals surface area contributed by atoms with Crippen molar-refractivity contribution in [3.05, 3.63) is 23.7 Å². The van der Waals surface area contributed by atoms with Gasteiger partial charge in [0, 0.05) is 18.7 Å². The lowest BCUT2D eigenvalue weighted by Gasteiger charge is -2.01. The Balaban J connectivity index is 2.27. The van der Waals surface area contributed by atoms with Crippen LogP contribution in [-0.4, -0.2) is 6.61 Å². The van der Waals surface area contributed by atoms with Gasteiger partial charge in [0.15, 0.2) is 0 Å². The van der Waals surface area contributed by atoms with Gasteiger partial charge in [0.25, 0.3) is 0 Å². The molecule has 0 spiro atoms. The van der Waals surface area contributed by atoms with Crippen LogP contribution in [0.25, 0.3) is 0 Å². The van der Waals surface area contributed by atoms with Crippen LogP contribution in [-0.2, 0) is 17.9 Å². The second-order valence-corrected chi connectivity index (χ2v) is 2.98. The van der Waals surface area contributed by atoms with Crippen molar-refractivity contribution in [2.45, 2.75) is 32.9 Å². The SMILES string of the molecule is CCCCOCc1occc1CN. The van der Waals surface area contributed by atoms with E-state index in [-0.39, 0.29) is 0 Å². The van der Waals surface area contributed by atoms with Crippen molar-refractivity contribution in [2.75, 3.05) is 6.61 Å². The van der Waals surface area contributed by atoms with E-state index in [1.165, 1.54) is 0 Å². The lowest BCUT2D eigenvalue weighted by Crippen LogP contribution is -2.01. The first-order valence-corrected chi connectivity index (χ1v) is 4.71. The average Bonchev–Trinajstić information content (AvgIpc) is 2.60. The van der Waals surface area contributed by atoms with E-state index in [0.29, 0.717) is 13.2 Å². The minimum atomic E-state index is 0.517. The molecule has 3 nitrogen and oxygen atoms in total. The van der Waals surface area contributed by atoms with Gasteiger partial charge in [-0.15, -0.1) is 0 Å². The third-order valence-corrected chi connectivity index (χ3v) is 1.93. The number of hydrogen-bond acceptors (Lipinski definition) is 3. The average molecular weight is 183 g/mol. The van der Waals surface area contributed by atoms with Crippen LogP contribution < -0.4 is 5.73 Å². The first-order valence-electron chi connectivity index (χ1n) is 4.71. The van der Waals surface area contributed by atoms with Crippen LogP contribution in [0.4, 0.5) is 0 Å². The highest BCUT2D eigenvalue weighted by atomic mass is 16.5. The van der Waals surface area contributed by atoms with E-state index in [1.54, 1.807) is 6.26 Å². The van der Waals surface area contributed by atoms with Gasteiger partial charge >= 0.3 is 0 Å². The topological polar surface area (TPSA) is 48.4 Å². The highest BCUT2D eigenvalue weighted by molar-refractivity contribution is 5.15. The van der Waals surface area contributed by atoms with Crippen LogP contribution in [0.3, 0.4) is 0 Å². The maximum atomic E-state index is 5.51. The van der Waals surface area contributed by atoms with Crippen LogP contribution in [0.2, 0.25) is 0 Å². The van der Waals surface area contributed by atoms with E-state index in [1.807, 2.05) is 6.07 Å². The van der Waals surface area contributed by atoms with Crippen molar-refractivity contribution in [2.24, 2.45) is 5.73 Å². The molecule has 0 radical (unpaired) electrons. The minimum Gasteiger partial charge on any atom is -0.467 e. The quantitative estimate of drug-likeness (QED) is 0.687. The van der Waals surface area contributed by atoms with Crippen molar-refractivity contribution in [1.82, 2.24) is 0 Å². The smallest absolute Gasteiger partial charge is 0.133 e. The first kappa shape index (κ1) is 10.3. The van der Waals surface area contributed by atoms with E-state index in [2.05, 4.69) is 6.92 Å². The van der Waals surface area contributed by atoms with Crippen molar-refractivity contribution in [1.29, 1.82) is 0 Å². The van der Waals surface area contributed by atoms with Crippen LogP contribution in [0.15, 0.2) is 16.7 Å². The third kappa shape index (κ3) is 3.20. The molecule has 0 aliphatic rings. The molecule has 3 heteroatoms. The molecule has 0 unspecified atom stereocenters. The molecule has 0 aliphatic heterocycles. The summed E-state index contributed by atoms with van der Waals surface area (Å²) in [5.74, 6) is 0.860. The molecule has 0 saturated heterocycles. The number of furan rings is 1. The monoisotopic (exact) mass is 183 g/mol. The minimum absolute atomic E-state index is 0.517. The molecule has 0 atom stereocenters. The van der Waals surface area contributed by atoms with Gasteiger partial charge in [-0.1, -0.05) is 13.3 Å². The van der Waals surface area contributed by atoms with Gasteiger partial charge in [0.2, 0.25) is 0 Å². The molecule has 1 aromatic heterocycles. The molecular weight excluding hydrogens is 166 g/mol. The fraction of sp³-hybridized carbons (Fsp3) is 0.600. The zero-order chi connectivity index (χ0) is 9.52. The van der Waals surface area contributed by atoms with Crippen molar-refractivity contribution in [3.8, 4) is 0 Å². The number of rotatable bonds is 6.